The van der Waals surface area contributed by atoms with Gasteiger partial charge in [-0.15, -0.1) is 0 Å². The molecule has 0 radical (unpaired) electrons. The number of rotatable bonds is 2. The standard InChI is InChI=1S/C14H18N6/c1-11-10-19(14-17-8-12(15)9-18-14)6-7-20(11)13-4-2-3-5-16-13/h2-5,8-9,11H,6-7,10,15H2,1H3/t11-/m0/s1. The van der Waals surface area contributed by atoms with E-state index >= 15 is 0 Å². The Morgan fingerprint density at radius 2 is 1.95 bits per heavy atom. The number of hydrogen-bond acceptors (Lipinski definition) is 6. The number of aromatic nitrogens is 3. The molecule has 1 aliphatic heterocycles. The van der Waals surface area contributed by atoms with Crippen molar-refractivity contribution in [2.45, 2.75) is 13.0 Å². The average molecular weight is 270 g/mol. The molecule has 104 valence electrons. The van der Waals surface area contributed by atoms with Gasteiger partial charge in [0.15, 0.2) is 0 Å². The normalized spacial score (nSPS) is 19.1. The van der Waals surface area contributed by atoms with Gasteiger partial charge in [-0.1, -0.05) is 6.07 Å². The van der Waals surface area contributed by atoms with Gasteiger partial charge >= 0.3 is 0 Å². The van der Waals surface area contributed by atoms with Crippen molar-refractivity contribution in [3.05, 3.63) is 36.8 Å². The van der Waals surface area contributed by atoms with Crippen LogP contribution in [0.25, 0.3) is 0 Å². The van der Waals surface area contributed by atoms with Crippen LogP contribution in [0.1, 0.15) is 6.92 Å². The molecule has 1 aliphatic rings. The van der Waals surface area contributed by atoms with E-state index in [4.69, 9.17) is 5.73 Å². The largest absolute Gasteiger partial charge is 0.396 e. The van der Waals surface area contributed by atoms with E-state index in [0.717, 1.165) is 31.4 Å². The zero-order chi connectivity index (χ0) is 13.9. The lowest BCUT2D eigenvalue weighted by atomic mass is 10.2. The first-order valence-electron chi connectivity index (χ1n) is 6.74. The molecular formula is C14H18N6. The van der Waals surface area contributed by atoms with E-state index in [0.29, 0.717) is 11.7 Å². The zero-order valence-corrected chi connectivity index (χ0v) is 11.5. The molecule has 1 atom stereocenters. The summed E-state index contributed by atoms with van der Waals surface area (Å²) in [4.78, 5) is 17.5. The van der Waals surface area contributed by atoms with Crippen LogP contribution in [0, 0.1) is 0 Å². The topological polar surface area (TPSA) is 71.2 Å². The SMILES string of the molecule is C[C@H]1CN(c2ncc(N)cn2)CCN1c1ccccn1. The fourth-order valence-corrected chi connectivity index (χ4v) is 2.50. The molecule has 6 heteroatoms. The molecule has 0 spiro atoms. The molecule has 0 aliphatic carbocycles. The van der Waals surface area contributed by atoms with Crippen molar-refractivity contribution in [1.29, 1.82) is 0 Å². The molecule has 20 heavy (non-hydrogen) atoms. The number of anilines is 3. The van der Waals surface area contributed by atoms with Gasteiger partial charge in [0.25, 0.3) is 0 Å². The number of hydrogen-bond donors (Lipinski definition) is 1. The van der Waals surface area contributed by atoms with Crippen LogP contribution in [0.4, 0.5) is 17.5 Å². The van der Waals surface area contributed by atoms with E-state index in [-0.39, 0.29) is 0 Å². The predicted octanol–water partition coefficient (Wildman–Crippen LogP) is 1.17. The summed E-state index contributed by atoms with van der Waals surface area (Å²) in [6, 6.07) is 6.36. The summed E-state index contributed by atoms with van der Waals surface area (Å²) in [5.74, 6) is 1.77. The second-order valence-electron chi connectivity index (χ2n) is 4.99. The lowest BCUT2D eigenvalue weighted by Gasteiger charge is -2.40. The molecule has 1 saturated heterocycles. The quantitative estimate of drug-likeness (QED) is 0.883. The Kier molecular flexibility index (Phi) is 3.37. The van der Waals surface area contributed by atoms with E-state index in [9.17, 15) is 0 Å². The number of nitrogens with two attached hydrogens (primary N) is 1. The summed E-state index contributed by atoms with van der Waals surface area (Å²) in [7, 11) is 0. The molecule has 0 bridgehead atoms. The highest BCUT2D eigenvalue weighted by molar-refractivity contribution is 5.44. The first-order valence-corrected chi connectivity index (χ1v) is 6.74. The summed E-state index contributed by atoms with van der Waals surface area (Å²) >= 11 is 0. The third-order valence-corrected chi connectivity index (χ3v) is 3.51. The zero-order valence-electron chi connectivity index (χ0n) is 11.5. The number of piperazine rings is 1. The van der Waals surface area contributed by atoms with Gasteiger partial charge in [-0.3, -0.25) is 0 Å². The first kappa shape index (κ1) is 12.7. The van der Waals surface area contributed by atoms with Gasteiger partial charge in [0.2, 0.25) is 5.95 Å². The van der Waals surface area contributed by atoms with Crippen molar-refractivity contribution >= 4 is 17.5 Å². The van der Waals surface area contributed by atoms with Crippen molar-refractivity contribution in [2.75, 3.05) is 35.2 Å². The van der Waals surface area contributed by atoms with Crippen LogP contribution in [-0.2, 0) is 0 Å². The molecule has 3 heterocycles. The van der Waals surface area contributed by atoms with Gasteiger partial charge in [-0.25, -0.2) is 15.0 Å². The summed E-state index contributed by atoms with van der Waals surface area (Å²) in [5, 5.41) is 0. The molecule has 0 unspecified atom stereocenters. The Labute approximate surface area is 118 Å². The fraction of sp³-hybridized carbons (Fsp3) is 0.357. The van der Waals surface area contributed by atoms with E-state index in [1.54, 1.807) is 12.4 Å². The maximum Gasteiger partial charge on any atom is 0.225 e. The van der Waals surface area contributed by atoms with Gasteiger partial charge in [-0.2, -0.15) is 0 Å². The summed E-state index contributed by atoms with van der Waals surface area (Å²) in [6.07, 6.45) is 5.13. The van der Waals surface area contributed by atoms with E-state index in [1.165, 1.54) is 0 Å². The molecule has 3 rings (SSSR count). The Morgan fingerprint density at radius 1 is 1.15 bits per heavy atom. The molecule has 2 aromatic rings. The minimum Gasteiger partial charge on any atom is -0.396 e. The molecular weight excluding hydrogens is 252 g/mol. The highest BCUT2D eigenvalue weighted by Gasteiger charge is 2.25. The average Bonchev–Trinajstić information content (AvgIpc) is 2.49. The highest BCUT2D eigenvalue weighted by Crippen LogP contribution is 2.20. The summed E-state index contributed by atoms with van der Waals surface area (Å²) in [6.45, 7) is 4.86. The van der Waals surface area contributed by atoms with Crippen molar-refractivity contribution < 1.29 is 0 Å². The monoisotopic (exact) mass is 270 g/mol. The minimum atomic E-state index is 0.361. The first-order chi connectivity index (χ1) is 9.74. The second-order valence-corrected chi connectivity index (χ2v) is 4.99. The van der Waals surface area contributed by atoms with Crippen LogP contribution in [0.5, 0.6) is 0 Å². The number of nitrogens with zero attached hydrogens (tertiary/aromatic N) is 5. The van der Waals surface area contributed by atoms with Crippen molar-refractivity contribution in [2.24, 2.45) is 0 Å². The lowest BCUT2D eigenvalue weighted by molar-refractivity contribution is 0.539. The van der Waals surface area contributed by atoms with Gasteiger partial charge < -0.3 is 15.5 Å². The Hall–Kier alpha value is -2.37. The van der Waals surface area contributed by atoms with Crippen LogP contribution < -0.4 is 15.5 Å². The van der Waals surface area contributed by atoms with Crippen LogP contribution in [0.15, 0.2) is 36.8 Å². The van der Waals surface area contributed by atoms with Gasteiger partial charge in [-0.05, 0) is 19.1 Å². The van der Waals surface area contributed by atoms with E-state index in [1.807, 2.05) is 24.4 Å². The Morgan fingerprint density at radius 3 is 2.60 bits per heavy atom. The van der Waals surface area contributed by atoms with Gasteiger partial charge in [0.1, 0.15) is 5.82 Å². The van der Waals surface area contributed by atoms with Crippen LogP contribution in [0.2, 0.25) is 0 Å². The second kappa shape index (κ2) is 5.32. The maximum atomic E-state index is 5.62. The molecule has 2 aromatic heterocycles. The van der Waals surface area contributed by atoms with Crippen LogP contribution in [-0.4, -0.2) is 40.6 Å². The molecule has 2 N–H and O–H groups in total. The molecule has 1 fully saturated rings. The fourth-order valence-electron chi connectivity index (χ4n) is 2.50. The third kappa shape index (κ3) is 2.49. The maximum absolute atomic E-state index is 5.62. The lowest BCUT2D eigenvalue weighted by Crippen LogP contribution is -2.52. The third-order valence-electron chi connectivity index (χ3n) is 3.51. The summed E-state index contributed by atoms with van der Waals surface area (Å²) in [5.41, 5.74) is 6.21. The van der Waals surface area contributed by atoms with E-state index < -0.39 is 0 Å². The van der Waals surface area contributed by atoms with Crippen molar-refractivity contribution in [1.82, 2.24) is 15.0 Å². The van der Waals surface area contributed by atoms with Gasteiger partial charge in [0, 0.05) is 31.9 Å². The molecule has 0 aromatic carbocycles. The molecule has 0 amide bonds. The summed E-state index contributed by atoms with van der Waals surface area (Å²) < 4.78 is 0. The molecule has 0 saturated carbocycles. The predicted molar refractivity (Wildman–Crippen MR) is 79.7 cm³/mol. The number of pyridine rings is 1. The Balaban J connectivity index is 1.72. The van der Waals surface area contributed by atoms with Gasteiger partial charge in [0.05, 0.1) is 18.1 Å². The molecule has 6 nitrogen and oxygen atoms in total. The van der Waals surface area contributed by atoms with Crippen LogP contribution >= 0.6 is 0 Å². The number of nitrogen functional groups attached to an aromatic ring is 1. The van der Waals surface area contributed by atoms with Crippen molar-refractivity contribution in [3.8, 4) is 0 Å². The smallest absolute Gasteiger partial charge is 0.225 e. The van der Waals surface area contributed by atoms with Crippen LogP contribution in [0.3, 0.4) is 0 Å². The van der Waals surface area contributed by atoms with Crippen molar-refractivity contribution in [3.63, 3.8) is 0 Å². The Bertz CT molecular complexity index is 556. The highest BCUT2D eigenvalue weighted by atomic mass is 15.3. The van der Waals surface area contributed by atoms with E-state index in [2.05, 4.69) is 31.7 Å². The minimum absolute atomic E-state index is 0.361.